The van der Waals surface area contributed by atoms with Crippen LogP contribution in [-0.2, 0) is 10.0 Å². The second-order valence-electron chi connectivity index (χ2n) is 4.48. The Morgan fingerprint density at radius 1 is 1.37 bits per heavy atom. The van der Waals surface area contributed by atoms with Crippen LogP contribution in [0.5, 0.6) is 0 Å². The fourth-order valence-electron chi connectivity index (χ4n) is 2.00. The van der Waals surface area contributed by atoms with Gasteiger partial charge in [0.2, 0.25) is 10.0 Å². The molecule has 1 fully saturated rings. The van der Waals surface area contributed by atoms with Crippen LogP contribution in [0.1, 0.15) is 18.5 Å². The first-order valence-electron chi connectivity index (χ1n) is 5.93. The molecule has 1 aliphatic heterocycles. The maximum Gasteiger partial charge on any atom is 0.211 e. The highest BCUT2D eigenvalue weighted by Gasteiger charge is 2.24. The molecule has 0 saturated carbocycles. The van der Waals surface area contributed by atoms with E-state index in [1.807, 2.05) is 6.07 Å². The van der Waals surface area contributed by atoms with Crippen molar-refractivity contribution in [1.82, 2.24) is 14.3 Å². The molecule has 0 atom stereocenters. The van der Waals surface area contributed by atoms with Gasteiger partial charge in [0.05, 0.1) is 18.6 Å². The van der Waals surface area contributed by atoms with Crippen LogP contribution in [0.2, 0.25) is 0 Å². The first kappa shape index (κ1) is 13.7. The lowest BCUT2D eigenvalue weighted by Crippen LogP contribution is -2.41. The molecule has 1 aromatic rings. The Kier molecular flexibility index (Phi) is 3.97. The standard InChI is InChI=1S/C11H15N5O2S/c1-19(17,18)16-4-2-9(3-5-16)15-11-8-13-10(6-12)7-14-11/h7-9H,2-5H2,1H3,(H,14,15). The molecule has 2 rings (SSSR count). The summed E-state index contributed by atoms with van der Waals surface area (Å²) < 4.78 is 24.2. The highest BCUT2D eigenvalue weighted by atomic mass is 32.2. The lowest BCUT2D eigenvalue weighted by atomic mass is 10.1. The second kappa shape index (κ2) is 5.50. The maximum atomic E-state index is 11.4. The molecule has 1 aliphatic rings. The fourth-order valence-corrected chi connectivity index (χ4v) is 2.88. The lowest BCUT2D eigenvalue weighted by Gasteiger charge is -2.30. The van der Waals surface area contributed by atoms with Gasteiger partial charge in [-0.3, -0.25) is 0 Å². The van der Waals surface area contributed by atoms with E-state index in [0.29, 0.717) is 18.9 Å². The number of sulfonamides is 1. The summed E-state index contributed by atoms with van der Waals surface area (Å²) in [6.07, 6.45) is 5.62. The van der Waals surface area contributed by atoms with Gasteiger partial charge in [0.25, 0.3) is 0 Å². The number of nitrogens with zero attached hydrogens (tertiary/aromatic N) is 4. The molecule has 8 heteroatoms. The van der Waals surface area contributed by atoms with Crippen LogP contribution in [0.3, 0.4) is 0 Å². The Bertz CT molecular complexity index is 570. The first-order chi connectivity index (χ1) is 8.99. The molecule has 1 aromatic heterocycles. The lowest BCUT2D eigenvalue weighted by molar-refractivity contribution is 0.331. The van der Waals surface area contributed by atoms with Crippen LogP contribution in [0.4, 0.5) is 5.82 Å². The minimum Gasteiger partial charge on any atom is -0.366 e. The number of anilines is 1. The van der Waals surface area contributed by atoms with Gasteiger partial charge in [0, 0.05) is 19.1 Å². The van der Waals surface area contributed by atoms with E-state index in [4.69, 9.17) is 5.26 Å². The summed E-state index contributed by atoms with van der Waals surface area (Å²) in [5.74, 6) is 0.608. The van der Waals surface area contributed by atoms with E-state index >= 15 is 0 Å². The van der Waals surface area contributed by atoms with Crippen LogP contribution in [0.15, 0.2) is 12.4 Å². The molecular formula is C11H15N5O2S. The molecule has 102 valence electrons. The average molecular weight is 281 g/mol. The van der Waals surface area contributed by atoms with E-state index in [1.165, 1.54) is 23.0 Å². The molecule has 1 N–H and O–H groups in total. The second-order valence-corrected chi connectivity index (χ2v) is 6.46. The largest absolute Gasteiger partial charge is 0.366 e. The zero-order valence-corrected chi connectivity index (χ0v) is 11.4. The molecule has 0 spiro atoms. The summed E-state index contributed by atoms with van der Waals surface area (Å²) in [6, 6.07) is 2.09. The van der Waals surface area contributed by atoms with Crippen molar-refractivity contribution in [3.05, 3.63) is 18.1 Å². The van der Waals surface area contributed by atoms with E-state index in [1.54, 1.807) is 0 Å². The Labute approximate surface area is 112 Å². The van der Waals surface area contributed by atoms with Crippen molar-refractivity contribution in [3.63, 3.8) is 0 Å². The Balaban J connectivity index is 1.90. The summed E-state index contributed by atoms with van der Waals surface area (Å²) in [5, 5.41) is 11.8. The van der Waals surface area contributed by atoms with E-state index in [-0.39, 0.29) is 11.7 Å². The van der Waals surface area contributed by atoms with Gasteiger partial charge in [-0.15, -0.1) is 0 Å². The summed E-state index contributed by atoms with van der Waals surface area (Å²) in [6.45, 7) is 1.03. The summed E-state index contributed by atoms with van der Waals surface area (Å²) in [7, 11) is -3.09. The third-order valence-corrected chi connectivity index (χ3v) is 4.34. The van der Waals surface area contributed by atoms with Crippen molar-refractivity contribution in [2.75, 3.05) is 24.7 Å². The van der Waals surface area contributed by atoms with Crippen molar-refractivity contribution < 1.29 is 8.42 Å². The average Bonchev–Trinajstić information content (AvgIpc) is 2.39. The Hall–Kier alpha value is -1.72. The van der Waals surface area contributed by atoms with Crippen molar-refractivity contribution in [1.29, 1.82) is 5.26 Å². The molecule has 0 aromatic carbocycles. The molecule has 0 bridgehead atoms. The number of hydrogen-bond donors (Lipinski definition) is 1. The van der Waals surface area contributed by atoms with Gasteiger partial charge in [-0.25, -0.2) is 22.7 Å². The van der Waals surface area contributed by atoms with Crippen LogP contribution < -0.4 is 5.32 Å². The molecule has 0 unspecified atom stereocenters. The van der Waals surface area contributed by atoms with Gasteiger partial charge in [-0.05, 0) is 12.8 Å². The molecule has 0 radical (unpaired) electrons. The predicted octanol–water partition coefficient (Wildman–Crippen LogP) is 0.184. The number of aromatic nitrogens is 2. The first-order valence-corrected chi connectivity index (χ1v) is 7.77. The van der Waals surface area contributed by atoms with Gasteiger partial charge >= 0.3 is 0 Å². The Morgan fingerprint density at radius 3 is 2.53 bits per heavy atom. The van der Waals surface area contributed by atoms with Gasteiger partial charge < -0.3 is 5.32 Å². The molecule has 19 heavy (non-hydrogen) atoms. The van der Waals surface area contributed by atoms with Gasteiger partial charge in [0.15, 0.2) is 5.69 Å². The number of piperidine rings is 1. The van der Waals surface area contributed by atoms with Gasteiger partial charge in [0.1, 0.15) is 11.9 Å². The van der Waals surface area contributed by atoms with Crippen LogP contribution in [0, 0.1) is 11.3 Å². The van der Waals surface area contributed by atoms with Crippen molar-refractivity contribution in [2.45, 2.75) is 18.9 Å². The number of nitriles is 1. The molecular weight excluding hydrogens is 266 g/mol. The highest BCUT2D eigenvalue weighted by molar-refractivity contribution is 7.88. The summed E-state index contributed by atoms with van der Waals surface area (Å²) in [5.41, 5.74) is 0.275. The molecule has 7 nitrogen and oxygen atoms in total. The number of hydrogen-bond acceptors (Lipinski definition) is 6. The predicted molar refractivity (Wildman–Crippen MR) is 69.8 cm³/mol. The van der Waals surface area contributed by atoms with E-state index in [9.17, 15) is 8.42 Å². The Morgan fingerprint density at radius 2 is 2.05 bits per heavy atom. The topological polar surface area (TPSA) is 99.0 Å². The number of rotatable bonds is 3. The fraction of sp³-hybridized carbons (Fsp3) is 0.545. The SMILES string of the molecule is CS(=O)(=O)N1CCC(Nc2cnc(C#N)cn2)CC1. The van der Waals surface area contributed by atoms with Crippen molar-refractivity contribution in [3.8, 4) is 6.07 Å². The molecule has 2 heterocycles. The van der Waals surface area contributed by atoms with Crippen LogP contribution >= 0.6 is 0 Å². The van der Waals surface area contributed by atoms with E-state index in [2.05, 4.69) is 15.3 Å². The maximum absolute atomic E-state index is 11.4. The van der Waals surface area contributed by atoms with E-state index < -0.39 is 10.0 Å². The normalized spacial score (nSPS) is 17.9. The molecule has 0 aliphatic carbocycles. The van der Waals surface area contributed by atoms with Crippen LogP contribution in [-0.4, -0.2) is 48.1 Å². The zero-order valence-electron chi connectivity index (χ0n) is 10.6. The monoisotopic (exact) mass is 281 g/mol. The quantitative estimate of drug-likeness (QED) is 0.848. The summed E-state index contributed by atoms with van der Waals surface area (Å²) in [4.78, 5) is 8.01. The highest BCUT2D eigenvalue weighted by Crippen LogP contribution is 2.16. The van der Waals surface area contributed by atoms with Crippen molar-refractivity contribution in [2.24, 2.45) is 0 Å². The smallest absolute Gasteiger partial charge is 0.211 e. The molecule has 1 saturated heterocycles. The molecule has 0 amide bonds. The third kappa shape index (κ3) is 3.62. The third-order valence-electron chi connectivity index (χ3n) is 3.04. The zero-order chi connectivity index (χ0) is 13.9. The van der Waals surface area contributed by atoms with Gasteiger partial charge in [-0.2, -0.15) is 5.26 Å². The minimum atomic E-state index is -3.09. The number of nitrogens with one attached hydrogen (secondary N) is 1. The van der Waals surface area contributed by atoms with Crippen LogP contribution in [0.25, 0.3) is 0 Å². The van der Waals surface area contributed by atoms with Crippen molar-refractivity contribution >= 4 is 15.8 Å². The minimum absolute atomic E-state index is 0.181. The van der Waals surface area contributed by atoms with E-state index in [0.717, 1.165) is 12.8 Å². The summed E-state index contributed by atoms with van der Waals surface area (Å²) >= 11 is 0. The van der Waals surface area contributed by atoms with Gasteiger partial charge in [-0.1, -0.05) is 0 Å².